The van der Waals surface area contributed by atoms with Gasteiger partial charge in [-0.3, -0.25) is 4.90 Å². The Balaban J connectivity index is 2.92. The zero-order valence-electron chi connectivity index (χ0n) is 16.9. The van der Waals surface area contributed by atoms with E-state index in [1.54, 1.807) is 18.2 Å². The van der Waals surface area contributed by atoms with E-state index in [2.05, 4.69) is 25.7 Å². The molecule has 0 aromatic heterocycles. The Morgan fingerprint density at radius 1 is 0.962 bits per heavy atom. The number of para-hydroxylation sites is 1. The first-order valence-electron chi connectivity index (χ1n) is 10.4. The molecule has 4 heteroatoms. The summed E-state index contributed by atoms with van der Waals surface area (Å²) in [6.07, 6.45) is 10.2. The summed E-state index contributed by atoms with van der Waals surface area (Å²) < 4.78 is 6.28. The molecule has 0 heterocycles. The van der Waals surface area contributed by atoms with Crippen molar-refractivity contribution in [1.82, 2.24) is 4.90 Å². The van der Waals surface area contributed by atoms with E-state index in [0.29, 0.717) is 5.75 Å². The highest BCUT2D eigenvalue weighted by Crippen LogP contribution is 2.23. The van der Waals surface area contributed by atoms with Crippen LogP contribution in [0.3, 0.4) is 0 Å². The van der Waals surface area contributed by atoms with Gasteiger partial charge in [-0.15, -0.1) is 0 Å². The maximum Gasteiger partial charge on any atom is 0.339 e. The van der Waals surface area contributed by atoms with Crippen LogP contribution in [0.4, 0.5) is 0 Å². The van der Waals surface area contributed by atoms with Gasteiger partial charge in [-0.05, 0) is 37.8 Å². The van der Waals surface area contributed by atoms with Crippen LogP contribution in [0.1, 0.15) is 88.9 Å². The standard InChI is InChI=1S/C22H37NO3/c1-4-7-12-17-23(18-13-8-5-2)21(16-9-6-3)26-20-15-11-10-14-19(20)22(24)25/h10-11,14-15,21H,4-9,12-13,16-18H2,1-3H3,(H,24,25). The topological polar surface area (TPSA) is 49.8 Å². The van der Waals surface area contributed by atoms with Crippen LogP contribution < -0.4 is 4.74 Å². The maximum absolute atomic E-state index is 11.5. The number of nitrogens with zero attached hydrogens (tertiary/aromatic N) is 1. The highest BCUT2D eigenvalue weighted by Gasteiger charge is 2.21. The van der Waals surface area contributed by atoms with E-state index >= 15 is 0 Å². The lowest BCUT2D eigenvalue weighted by atomic mass is 10.1. The first-order valence-corrected chi connectivity index (χ1v) is 10.4. The van der Waals surface area contributed by atoms with Gasteiger partial charge in [0.15, 0.2) is 6.23 Å². The Bertz CT molecular complexity index is 494. The van der Waals surface area contributed by atoms with Crippen molar-refractivity contribution in [3.05, 3.63) is 29.8 Å². The van der Waals surface area contributed by atoms with Gasteiger partial charge >= 0.3 is 5.97 Å². The van der Waals surface area contributed by atoms with E-state index in [9.17, 15) is 9.90 Å². The van der Waals surface area contributed by atoms with Gasteiger partial charge in [-0.2, -0.15) is 0 Å². The average Bonchev–Trinajstić information content (AvgIpc) is 2.64. The van der Waals surface area contributed by atoms with Crippen molar-refractivity contribution in [2.24, 2.45) is 0 Å². The molecule has 26 heavy (non-hydrogen) atoms. The lowest BCUT2D eigenvalue weighted by Gasteiger charge is -2.32. The monoisotopic (exact) mass is 363 g/mol. The number of carboxylic acids is 1. The zero-order chi connectivity index (χ0) is 19.2. The highest BCUT2D eigenvalue weighted by molar-refractivity contribution is 5.90. The van der Waals surface area contributed by atoms with Crippen molar-refractivity contribution in [3.8, 4) is 5.75 Å². The van der Waals surface area contributed by atoms with E-state index < -0.39 is 5.97 Å². The number of unbranched alkanes of at least 4 members (excludes halogenated alkanes) is 5. The molecule has 0 aliphatic heterocycles. The zero-order valence-corrected chi connectivity index (χ0v) is 16.9. The normalized spacial score (nSPS) is 12.3. The molecule has 1 atom stereocenters. The minimum absolute atomic E-state index is 0.0517. The quantitative estimate of drug-likeness (QED) is 0.308. The van der Waals surface area contributed by atoms with E-state index in [1.165, 1.54) is 25.7 Å². The van der Waals surface area contributed by atoms with Crippen LogP contribution in [-0.4, -0.2) is 35.3 Å². The summed E-state index contributed by atoms with van der Waals surface area (Å²) in [6.45, 7) is 8.65. The lowest BCUT2D eigenvalue weighted by Crippen LogP contribution is -2.41. The highest BCUT2D eigenvalue weighted by atomic mass is 16.5. The molecule has 1 N–H and O–H groups in total. The molecule has 1 rings (SSSR count). The Labute approximate surface area is 159 Å². The number of carbonyl (C=O) groups is 1. The minimum atomic E-state index is -0.932. The molecule has 1 aromatic rings. The van der Waals surface area contributed by atoms with Gasteiger partial charge in [0.05, 0.1) is 0 Å². The first kappa shape index (κ1) is 22.5. The number of carboxylic acid groups (broad SMARTS) is 1. The number of aromatic carboxylic acids is 1. The molecular weight excluding hydrogens is 326 g/mol. The van der Waals surface area contributed by atoms with Crippen LogP contribution >= 0.6 is 0 Å². The van der Waals surface area contributed by atoms with Crippen molar-refractivity contribution in [1.29, 1.82) is 0 Å². The largest absolute Gasteiger partial charge is 0.478 e. The summed E-state index contributed by atoms with van der Waals surface area (Å²) in [6, 6.07) is 6.99. The van der Waals surface area contributed by atoms with Crippen LogP contribution in [0.25, 0.3) is 0 Å². The molecule has 0 saturated carbocycles. The summed E-state index contributed by atoms with van der Waals surface area (Å²) in [4.78, 5) is 13.9. The second kappa shape index (κ2) is 13.6. The maximum atomic E-state index is 11.5. The van der Waals surface area contributed by atoms with Gasteiger partial charge in [0, 0.05) is 13.1 Å². The molecule has 0 saturated heterocycles. The van der Waals surface area contributed by atoms with Crippen LogP contribution in [0.15, 0.2) is 24.3 Å². The molecular formula is C22H37NO3. The number of ether oxygens (including phenoxy) is 1. The predicted octanol–water partition coefficient (Wildman–Crippen LogP) is 5.96. The second-order valence-corrected chi connectivity index (χ2v) is 6.97. The Kier molecular flexibility index (Phi) is 11.8. The van der Waals surface area contributed by atoms with Gasteiger partial charge in [0.2, 0.25) is 0 Å². The van der Waals surface area contributed by atoms with Crippen LogP contribution in [0.5, 0.6) is 5.75 Å². The molecule has 0 amide bonds. The summed E-state index contributed by atoms with van der Waals surface area (Å²) in [7, 11) is 0. The average molecular weight is 364 g/mol. The second-order valence-electron chi connectivity index (χ2n) is 6.97. The van der Waals surface area contributed by atoms with Crippen LogP contribution in [0, 0.1) is 0 Å². The van der Waals surface area contributed by atoms with Crippen LogP contribution in [-0.2, 0) is 0 Å². The van der Waals surface area contributed by atoms with Crippen LogP contribution in [0.2, 0.25) is 0 Å². The van der Waals surface area contributed by atoms with Crippen molar-refractivity contribution >= 4 is 5.97 Å². The number of hydrogen-bond acceptors (Lipinski definition) is 3. The van der Waals surface area contributed by atoms with E-state index in [1.807, 2.05) is 6.07 Å². The predicted molar refractivity (Wildman–Crippen MR) is 108 cm³/mol. The van der Waals surface area contributed by atoms with Gasteiger partial charge in [-0.1, -0.05) is 65.0 Å². The molecule has 0 aliphatic carbocycles. The molecule has 0 bridgehead atoms. The Hall–Kier alpha value is -1.55. The van der Waals surface area contributed by atoms with E-state index in [0.717, 1.165) is 45.2 Å². The fourth-order valence-corrected chi connectivity index (χ4v) is 3.12. The van der Waals surface area contributed by atoms with Crippen molar-refractivity contribution < 1.29 is 14.6 Å². The third-order valence-corrected chi connectivity index (χ3v) is 4.69. The van der Waals surface area contributed by atoms with Gasteiger partial charge in [-0.25, -0.2) is 4.79 Å². The Morgan fingerprint density at radius 2 is 1.54 bits per heavy atom. The smallest absolute Gasteiger partial charge is 0.339 e. The Morgan fingerprint density at radius 3 is 2.08 bits per heavy atom. The fraction of sp³-hybridized carbons (Fsp3) is 0.682. The third-order valence-electron chi connectivity index (χ3n) is 4.69. The van der Waals surface area contributed by atoms with Crippen molar-refractivity contribution in [2.45, 2.75) is 84.8 Å². The lowest BCUT2D eigenvalue weighted by molar-refractivity contribution is 0.0135. The molecule has 0 fully saturated rings. The number of rotatable bonds is 15. The van der Waals surface area contributed by atoms with E-state index in [-0.39, 0.29) is 11.8 Å². The molecule has 1 unspecified atom stereocenters. The third kappa shape index (κ3) is 8.22. The SMILES string of the molecule is CCCCCN(CCCCC)C(CCCC)Oc1ccccc1C(=O)O. The summed E-state index contributed by atoms with van der Waals surface area (Å²) in [5.41, 5.74) is 0.246. The van der Waals surface area contributed by atoms with Gasteiger partial charge < -0.3 is 9.84 Å². The van der Waals surface area contributed by atoms with Crippen molar-refractivity contribution in [2.75, 3.05) is 13.1 Å². The number of hydrogen-bond donors (Lipinski definition) is 1. The molecule has 0 radical (unpaired) electrons. The van der Waals surface area contributed by atoms with Gasteiger partial charge in [0.25, 0.3) is 0 Å². The molecule has 148 valence electrons. The molecule has 0 aliphatic rings. The summed E-state index contributed by atoms with van der Waals surface area (Å²) in [5, 5.41) is 9.45. The summed E-state index contributed by atoms with van der Waals surface area (Å²) >= 11 is 0. The molecule has 1 aromatic carbocycles. The number of benzene rings is 1. The van der Waals surface area contributed by atoms with Crippen molar-refractivity contribution in [3.63, 3.8) is 0 Å². The fourth-order valence-electron chi connectivity index (χ4n) is 3.12. The molecule has 4 nitrogen and oxygen atoms in total. The first-order chi connectivity index (χ1) is 12.6. The van der Waals surface area contributed by atoms with E-state index in [4.69, 9.17) is 4.74 Å². The summed E-state index contributed by atoms with van der Waals surface area (Å²) in [5.74, 6) is -0.449. The molecule has 0 spiro atoms. The van der Waals surface area contributed by atoms with Gasteiger partial charge in [0.1, 0.15) is 11.3 Å². The minimum Gasteiger partial charge on any atom is -0.478 e.